The number of benzene rings is 2. The molecule has 1 saturated heterocycles. The largest absolute Gasteiger partial charge is 0.492 e. The van der Waals surface area contributed by atoms with Crippen LogP contribution in [-0.4, -0.2) is 55.3 Å². The Morgan fingerprint density at radius 2 is 1.86 bits per heavy atom. The number of amides is 1. The highest BCUT2D eigenvalue weighted by Gasteiger charge is 2.30. The van der Waals surface area contributed by atoms with Gasteiger partial charge in [-0.1, -0.05) is 18.2 Å². The molecule has 3 aliphatic heterocycles. The third-order valence-electron chi connectivity index (χ3n) is 6.10. The van der Waals surface area contributed by atoms with Crippen LogP contribution in [0.2, 0.25) is 0 Å². The van der Waals surface area contributed by atoms with Gasteiger partial charge in [0.05, 0.1) is 0 Å². The van der Waals surface area contributed by atoms with Crippen molar-refractivity contribution in [3.8, 4) is 17.2 Å². The summed E-state index contributed by atoms with van der Waals surface area (Å²) >= 11 is 0. The summed E-state index contributed by atoms with van der Waals surface area (Å²) in [5.74, 6) is 3.12. The van der Waals surface area contributed by atoms with Crippen molar-refractivity contribution >= 4 is 5.91 Å². The van der Waals surface area contributed by atoms with Gasteiger partial charge in [0, 0.05) is 31.3 Å². The number of rotatable bonds is 6. The van der Waals surface area contributed by atoms with E-state index in [0.717, 1.165) is 73.9 Å². The maximum absolute atomic E-state index is 12.6. The molecule has 5 rings (SSSR count). The standard InChI is InChI=1S/C23H26N2O4/c26-23-20-4-2-1-3-18(20)15-25(23)14-17-7-9-24(10-8-17)11-12-27-19-5-6-21-22(13-19)29-16-28-21/h1-6,13,17H,7-12,14-16H2. The predicted octanol–water partition coefficient (Wildman–Crippen LogP) is 3.16. The Morgan fingerprint density at radius 3 is 2.72 bits per heavy atom. The molecule has 0 bridgehead atoms. The molecule has 1 amide bonds. The van der Waals surface area contributed by atoms with E-state index >= 15 is 0 Å². The molecule has 3 aliphatic rings. The smallest absolute Gasteiger partial charge is 0.254 e. The first-order valence-electron chi connectivity index (χ1n) is 10.4. The van der Waals surface area contributed by atoms with Gasteiger partial charge in [-0.15, -0.1) is 0 Å². The molecule has 0 spiro atoms. The fourth-order valence-corrected chi connectivity index (χ4v) is 4.43. The molecule has 0 unspecified atom stereocenters. The van der Waals surface area contributed by atoms with Gasteiger partial charge in [0.2, 0.25) is 6.79 Å². The molecule has 29 heavy (non-hydrogen) atoms. The van der Waals surface area contributed by atoms with E-state index in [2.05, 4.69) is 11.0 Å². The van der Waals surface area contributed by atoms with Gasteiger partial charge in [0.25, 0.3) is 5.91 Å². The van der Waals surface area contributed by atoms with E-state index in [1.165, 1.54) is 0 Å². The van der Waals surface area contributed by atoms with Crippen molar-refractivity contribution in [2.24, 2.45) is 5.92 Å². The van der Waals surface area contributed by atoms with Crippen molar-refractivity contribution in [2.45, 2.75) is 19.4 Å². The Morgan fingerprint density at radius 1 is 1.03 bits per heavy atom. The number of fused-ring (bicyclic) bond motifs is 2. The lowest BCUT2D eigenvalue weighted by atomic mass is 9.96. The third kappa shape index (κ3) is 3.90. The van der Waals surface area contributed by atoms with Gasteiger partial charge in [-0.3, -0.25) is 9.69 Å². The monoisotopic (exact) mass is 394 g/mol. The van der Waals surface area contributed by atoms with Crippen molar-refractivity contribution in [3.05, 3.63) is 53.6 Å². The van der Waals surface area contributed by atoms with E-state index in [4.69, 9.17) is 14.2 Å². The predicted molar refractivity (Wildman–Crippen MR) is 108 cm³/mol. The Bertz CT molecular complexity index is 892. The molecule has 0 N–H and O–H groups in total. The zero-order valence-electron chi connectivity index (χ0n) is 16.5. The van der Waals surface area contributed by atoms with E-state index in [0.29, 0.717) is 12.5 Å². The van der Waals surface area contributed by atoms with Gasteiger partial charge >= 0.3 is 0 Å². The number of hydrogen-bond acceptors (Lipinski definition) is 5. The Hall–Kier alpha value is -2.73. The van der Waals surface area contributed by atoms with Crippen LogP contribution in [0.4, 0.5) is 0 Å². The summed E-state index contributed by atoms with van der Waals surface area (Å²) in [6.07, 6.45) is 2.26. The highest BCUT2D eigenvalue weighted by molar-refractivity contribution is 5.98. The van der Waals surface area contributed by atoms with Crippen molar-refractivity contribution in [1.29, 1.82) is 0 Å². The minimum atomic E-state index is 0.195. The van der Waals surface area contributed by atoms with Crippen molar-refractivity contribution in [2.75, 3.05) is 39.6 Å². The minimum absolute atomic E-state index is 0.195. The number of likely N-dealkylation sites (tertiary alicyclic amines) is 1. The molecule has 2 aromatic rings. The summed E-state index contributed by atoms with van der Waals surface area (Å²) in [6.45, 7) is 5.60. The second-order valence-corrected chi connectivity index (χ2v) is 7.99. The van der Waals surface area contributed by atoms with Gasteiger partial charge in [-0.2, -0.15) is 0 Å². The first kappa shape index (κ1) is 18.3. The maximum Gasteiger partial charge on any atom is 0.254 e. The van der Waals surface area contributed by atoms with Crippen molar-refractivity contribution < 1.29 is 19.0 Å². The summed E-state index contributed by atoms with van der Waals surface area (Å²) in [5.41, 5.74) is 2.04. The summed E-state index contributed by atoms with van der Waals surface area (Å²) < 4.78 is 16.6. The second-order valence-electron chi connectivity index (χ2n) is 7.99. The molecule has 0 atom stereocenters. The highest BCUT2D eigenvalue weighted by Crippen LogP contribution is 2.35. The zero-order valence-corrected chi connectivity index (χ0v) is 16.5. The lowest BCUT2D eigenvalue weighted by Crippen LogP contribution is -2.40. The Labute approximate surface area is 171 Å². The minimum Gasteiger partial charge on any atom is -0.492 e. The first-order chi connectivity index (χ1) is 14.3. The Kier molecular flexibility index (Phi) is 5.02. The van der Waals surface area contributed by atoms with Crippen molar-refractivity contribution in [1.82, 2.24) is 9.80 Å². The first-order valence-corrected chi connectivity index (χ1v) is 10.4. The van der Waals surface area contributed by atoms with Crippen LogP contribution in [-0.2, 0) is 6.54 Å². The molecule has 6 heteroatoms. The lowest BCUT2D eigenvalue weighted by molar-refractivity contribution is 0.0708. The van der Waals surface area contributed by atoms with Gasteiger partial charge in [0.1, 0.15) is 12.4 Å². The summed E-state index contributed by atoms with van der Waals surface area (Å²) in [6, 6.07) is 13.7. The average Bonchev–Trinajstić information content (AvgIpc) is 3.34. The molecule has 0 aromatic heterocycles. The quantitative estimate of drug-likeness (QED) is 0.753. The number of hydrogen-bond donors (Lipinski definition) is 0. The Balaban J connectivity index is 1.05. The van der Waals surface area contributed by atoms with E-state index in [-0.39, 0.29) is 12.7 Å². The van der Waals surface area contributed by atoms with Gasteiger partial charge in [-0.25, -0.2) is 0 Å². The van der Waals surface area contributed by atoms with E-state index in [9.17, 15) is 4.79 Å². The maximum atomic E-state index is 12.6. The zero-order chi connectivity index (χ0) is 19.6. The normalized spacial score (nSPS) is 18.9. The van der Waals surface area contributed by atoms with Gasteiger partial charge < -0.3 is 19.1 Å². The topological polar surface area (TPSA) is 51.2 Å². The summed E-state index contributed by atoms with van der Waals surface area (Å²) in [4.78, 5) is 17.0. The van der Waals surface area contributed by atoms with Crippen LogP contribution in [0, 0.1) is 5.92 Å². The van der Waals surface area contributed by atoms with Crippen LogP contribution in [0.5, 0.6) is 17.2 Å². The summed E-state index contributed by atoms with van der Waals surface area (Å²) in [7, 11) is 0. The molecule has 6 nitrogen and oxygen atoms in total. The molecule has 3 heterocycles. The molecular formula is C23H26N2O4. The lowest BCUT2D eigenvalue weighted by Gasteiger charge is -2.33. The van der Waals surface area contributed by atoms with Crippen LogP contribution in [0.25, 0.3) is 0 Å². The highest BCUT2D eigenvalue weighted by atomic mass is 16.7. The van der Waals surface area contributed by atoms with E-state index < -0.39 is 0 Å². The second kappa shape index (κ2) is 7.95. The number of nitrogens with zero attached hydrogens (tertiary/aromatic N) is 2. The van der Waals surface area contributed by atoms with Crippen LogP contribution in [0.1, 0.15) is 28.8 Å². The van der Waals surface area contributed by atoms with Gasteiger partial charge in [-0.05, 0) is 55.6 Å². The fourth-order valence-electron chi connectivity index (χ4n) is 4.43. The number of carbonyl (C=O) groups is 1. The van der Waals surface area contributed by atoms with E-state index in [1.807, 2.05) is 41.3 Å². The number of ether oxygens (including phenoxy) is 3. The van der Waals surface area contributed by atoms with Crippen molar-refractivity contribution in [3.63, 3.8) is 0 Å². The van der Waals surface area contributed by atoms with E-state index in [1.54, 1.807) is 0 Å². The molecule has 0 saturated carbocycles. The fraction of sp³-hybridized carbons (Fsp3) is 0.435. The van der Waals surface area contributed by atoms with Crippen LogP contribution < -0.4 is 14.2 Å². The average molecular weight is 394 g/mol. The third-order valence-corrected chi connectivity index (χ3v) is 6.10. The molecule has 2 aromatic carbocycles. The van der Waals surface area contributed by atoms with Crippen LogP contribution >= 0.6 is 0 Å². The molecule has 152 valence electrons. The summed E-state index contributed by atoms with van der Waals surface area (Å²) in [5, 5.41) is 0. The SMILES string of the molecule is O=C1c2ccccc2CN1CC1CCN(CCOc2ccc3c(c2)OCO3)CC1. The van der Waals surface area contributed by atoms with Crippen LogP contribution in [0.3, 0.4) is 0 Å². The molecule has 0 aliphatic carbocycles. The molecule has 0 radical (unpaired) electrons. The number of piperidine rings is 1. The molecular weight excluding hydrogens is 368 g/mol. The van der Waals surface area contributed by atoms with Crippen LogP contribution in [0.15, 0.2) is 42.5 Å². The van der Waals surface area contributed by atoms with Gasteiger partial charge in [0.15, 0.2) is 11.5 Å². The number of carbonyl (C=O) groups excluding carboxylic acids is 1. The molecule has 1 fully saturated rings.